The summed E-state index contributed by atoms with van der Waals surface area (Å²) in [7, 11) is 0. The summed E-state index contributed by atoms with van der Waals surface area (Å²) in [4.78, 5) is 31.0. The number of hydrogen-bond donors (Lipinski definition) is 2. The van der Waals surface area contributed by atoms with Crippen LogP contribution in [0.4, 0.5) is 0 Å². The third-order valence-electron chi connectivity index (χ3n) is 0.933. The van der Waals surface area contributed by atoms with Crippen LogP contribution in [-0.4, -0.2) is 18.2 Å². The van der Waals surface area contributed by atoms with Gasteiger partial charge in [-0.05, 0) is 6.92 Å². The van der Waals surface area contributed by atoms with Crippen LogP contribution >= 0.6 is 0 Å². The highest BCUT2D eigenvalue weighted by molar-refractivity contribution is 6.00. The molecule has 0 aliphatic heterocycles. The van der Waals surface area contributed by atoms with Crippen molar-refractivity contribution in [2.75, 3.05) is 0 Å². The Kier molecular flexibility index (Phi) is 4.36. The van der Waals surface area contributed by atoms with Crippen molar-refractivity contribution >= 4 is 18.2 Å². The molecule has 0 unspecified atom stereocenters. The molecule has 12 heavy (non-hydrogen) atoms. The van der Waals surface area contributed by atoms with Gasteiger partial charge in [-0.25, -0.2) is 0 Å². The number of imide groups is 1. The van der Waals surface area contributed by atoms with Crippen molar-refractivity contribution in [3.63, 3.8) is 0 Å². The SMILES string of the molecule is CC(=O)NC(=O)/C=C(/C)NC=O. The first kappa shape index (κ1) is 10.3. The van der Waals surface area contributed by atoms with Gasteiger partial charge in [0.2, 0.25) is 12.3 Å². The molecule has 0 heterocycles. The molecule has 66 valence electrons. The fraction of sp³-hybridized carbons (Fsp3) is 0.286. The van der Waals surface area contributed by atoms with E-state index in [1.807, 2.05) is 5.32 Å². The van der Waals surface area contributed by atoms with E-state index in [-0.39, 0.29) is 0 Å². The normalized spacial score (nSPS) is 10.3. The van der Waals surface area contributed by atoms with Gasteiger partial charge in [0.15, 0.2) is 0 Å². The third kappa shape index (κ3) is 5.16. The maximum Gasteiger partial charge on any atom is 0.252 e. The topological polar surface area (TPSA) is 75.3 Å². The van der Waals surface area contributed by atoms with Crippen LogP contribution in [0.1, 0.15) is 13.8 Å². The molecule has 5 nitrogen and oxygen atoms in total. The largest absolute Gasteiger partial charge is 0.332 e. The number of carbonyl (C=O) groups is 3. The van der Waals surface area contributed by atoms with Gasteiger partial charge >= 0.3 is 0 Å². The van der Waals surface area contributed by atoms with Gasteiger partial charge in [0.1, 0.15) is 0 Å². The first-order chi connectivity index (χ1) is 5.56. The molecule has 0 rings (SSSR count). The summed E-state index contributed by atoms with van der Waals surface area (Å²) in [6, 6.07) is 0. The monoisotopic (exact) mass is 170 g/mol. The minimum atomic E-state index is -0.547. The van der Waals surface area contributed by atoms with E-state index in [0.717, 1.165) is 6.08 Å². The number of rotatable bonds is 3. The van der Waals surface area contributed by atoms with Crippen LogP contribution in [-0.2, 0) is 14.4 Å². The second-order valence-electron chi connectivity index (χ2n) is 2.13. The van der Waals surface area contributed by atoms with Crippen molar-refractivity contribution in [1.29, 1.82) is 0 Å². The molecular weight excluding hydrogens is 160 g/mol. The Labute approximate surface area is 69.8 Å². The molecule has 0 saturated carbocycles. The fourth-order valence-corrected chi connectivity index (χ4v) is 0.541. The third-order valence-corrected chi connectivity index (χ3v) is 0.933. The zero-order valence-corrected chi connectivity index (χ0v) is 6.88. The van der Waals surface area contributed by atoms with E-state index >= 15 is 0 Å². The first-order valence-corrected chi connectivity index (χ1v) is 3.26. The van der Waals surface area contributed by atoms with Crippen molar-refractivity contribution in [3.8, 4) is 0 Å². The summed E-state index contributed by atoms with van der Waals surface area (Å²) < 4.78 is 0. The molecule has 0 aromatic carbocycles. The quantitative estimate of drug-likeness (QED) is 0.434. The van der Waals surface area contributed by atoms with Crippen molar-refractivity contribution in [1.82, 2.24) is 10.6 Å². The smallest absolute Gasteiger partial charge is 0.252 e. The second kappa shape index (κ2) is 5.06. The average Bonchev–Trinajstić information content (AvgIpc) is 1.84. The molecule has 0 aliphatic carbocycles. The van der Waals surface area contributed by atoms with Crippen molar-refractivity contribution in [3.05, 3.63) is 11.8 Å². The number of allylic oxidation sites excluding steroid dienone is 1. The van der Waals surface area contributed by atoms with Gasteiger partial charge in [0.25, 0.3) is 5.91 Å². The van der Waals surface area contributed by atoms with Crippen molar-refractivity contribution in [2.24, 2.45) is 0 Å². The van der Waals surface area contributed by atoms with Crippen LogP contribution in [0.25, 0.3) is 0 Å². The van der Waals surface area contributed by atoms with E-state index in [4.69, 9.17) is 0 Å². The highest BCUT2D eigenvalue weighted by Crippen LogP contribution is 1.83. The molecule has 0 aromatic heterocycles. The molecule has 0 atom stereocenters. The number of carbonyl (C=O) groups excluding carboxylic acids is 3. The van der Waals surface area contributed by atoms with Gasteiger partial charge < -0.3 is 5.32 Å². The van der Waals surface area contributed by atoms with Crippen LogP contribution in [0.3, 0.4) is 0 Å². The summed E-state index contributed by atoms with van der Waals surface area (Å²) >= 11 is 0. The second-order valence-corrected chi connectivity index (χ2v) is 2.13. The molecule has 0 aromatic rings. The van der Waals surface area contributed by atoms with Crippen LogP contribution < -0.4 is 10.6 Å². The lowest BCUT2D eigenvalue weighted by molar-refractivity contribution is -0.126. The average molecular weight is 170 g/mol. The van der Waals surface area contributed by atoms with Crippen molar-refractivity contribution < 1.29 is 14.4 Å². The van der Waals surface area contributed by atoms with E-state index in [1.165, 1.54) is 13.8 Å². The van der Waals surface area contributed by atoms with Crippen LogP contribution in [0.2, 0.25) is 0 Å². The molecule has 5 heteroatoms. The lowest BCUT2D eigenvalue weighted by Crippen LogP contribution is -2.27. The lowest BCUT2D eigenvalue weighted by Gasteiger charge is -1.97. The Morgan fingerprint density at radius 2 is 1.83 bits per heavy atom. The Balaban J connectivity index is 4.04. The molecule has 0 fully saturated rings. The number of nitrogens with one attached hydrogen (secondary N) is 2. The molecule has 0 radical (unpaired) electrons. The molecule has 3 amide bonds. The fourth-order valence-electron chi connectivity index (χ4n) is 0.541. The maximum atomic E-state index is 10.8. The lowest BCUT2D eigenvalue weighted by atomic mass is 10.4. The Morgan fingerprint density at radius 1 is 1.25 bits per heavy atom. The summed E-state index contributed by atoms with van der Waals surface area (Å²) in [5.41, 5.74) is 0.378. The van der Waals surface area contributed by atoms with Crippen LogP contribution in [0.5, 0.6) is 0 Å². The highest BCUT2D eigenvalue weighted by Gasteiger charge is 1.98. The number of hydrogen-bond acceptors (Lipinski definition) is 3. The van der Waals surface area contributed by atoms with E-state index in [0.29, 0.717) is 12.1 Å². The van der Waals surface area contributed by atoms with E-state index in [2.05, 4.69) is 5.32 Å². The van der Waals surface area contributed by atoms with E-state index in [1.54, 1.807) is 0 Å². The summed E-state index contributed by atoms with van der Waals surface area (Å²) in [5.74, 6) is -0.982. The molecule has 0 spiro atoms. The predicted molar refractivity (Wildman–Crippen MR) is 41.8 cm³/mol. The molecule has 0 aliphatic rings. The molecular formula is C7H10N2O3. The summed E-state index contributed by atoms with van der Waals surface area (Å²) in [6.45, 7) is 2.77. The molecule has 0 saturated heterocycles. The summed E-state index contributed by atoms with van der Waals surface area (Å²) in [5, 5.41) is 4.28. The Morgan fingerprint density at radius 3 is 2.25 bits per heavy atom. The minimum absolute atomic E-state index is 0.378. The van der Waals surface area contributed by atoms with Gasteiger partial charge in [-0.15, -0.1) is 0 Å². The van der Waals surface area contributed by atoms with Gasteiger partial charge in [-0.3, -0.25) is 19.7 Å². The van der Waals surface area contributed by atoms with Gasteiger partial charge in [0.05, 0.1) is 0 Å². The highest BCUT2D eigenvalue weighted by atomic mass is 16.2. The van der Waals surface area contributed by atoms with E-state index < -0.39 is 11.8 Å². The van der Waals surface area contributed by atoms with Gasteiger partial charge in [-0.1, -0.05) is 0 Å². The van der Waals surface area contributed by atoms with Crippen molar-refractivity contribution in [2.45, 2.75) is 13.8 Å². The molecule has 0 bridgehead atoms. The zero-order valence-electron chi connectivity index (χ0n) is 6.88. The predicted octanol–water partition coefficient (Wildman–Crippen LogP) is -0.701. The van der Waals surface area contributed by atoms with Crippen LogP contribution in [0, 0.1) is 0 Å². The van der Waals surface area contributed by atoms with Crippen LogP contribution in [0.15, 0.2) is 11.8 Å². The Hall–Kier alpha value is -1.65. The standard InChI is InChI=1S/C7H10N2O3/c1-5(8-4-10)3-7(12)9-6(2)11/h3-4H,1-2H3,(H,8,10)(H,9,11,12)/b5-3-. The first-order valence-electron chi connectivity index (χ1n) is 3.26. The van der Waals surface area contributed by atoms with E-state index in [9.17, 15) is 14.4 Å². The van der Waals surface area contributed by atoms with Gasteiger partial charge in [0, 0.05) is 18.7 Å². The molecule has 2 N–H and O–H groups in total. The number of amides is 3. The zero-order chi connectivity index (χ0) is 9.56. The maximum absolute atomic E-state index is 10.8. The Bertz CT molecular complexity index is 233. The summed E-state index contributed by atoms with van der Waals surface area (Å²) in [6.07, 6.45) is 1.57. The minimum Gasteiger partial charge on any atom is -0.332 e. The van der Waals surface area contributed by atoms with Gasteiger partial charge in [-0.2, -0.15) is 0 Å².